The number of hydrogen-bond acceptors (Lipinski definition) is 4. The van der Waals surface area contributed by atoms with E-state index in [2.05, 4.69) is 9.97 Å². The van der Waals surface area contributed by atoms with E-state index in [0.29, 0.717) is 5.82 Å². The summed E-state index contributed by atoms with van der Waals surface area (Å²) in [6.45, 7) is 4.28. The molecule has 0 radical (unpaired) electrons. The first-order chi connectivity index (χ1) is 7.75. The zero-order valence-corrected chi connectivity index (χ0v) is 10.7. The van der Waals surface area contributed by atoms with Crippen LogP contribution in [0.1, 0.15) is 19.7 Å². The molecule has 0 aromatic carbocycles. The maximum Gasteiger partial charge on any atom is 0.318 e. The van der Waals surface area contributed by atoms with Crippen molar-refractivity contribution in [1.29, 1.82) is 0 Å². The van der Waals surface area contributed by atoms with Crippen molar-refractivity contribution in [3.8, 4) is 0 Å². The average Bonchev–Trinajstić information content (AvgIpc) is 2.61. The Hall–Kier alpha value is -1.41. The van der Waals surface area contributed by atoms with Crippen LogP contribution in [0.4, 0.5) is 0 Å². The molecule has 1 aromatic rings. The summed E-state index contributed by atoms with van der Waals surface area (Å²) in [5.41, 5.74) is 0. The van der Waals surface area contributed by atoms with Crippen molar-refractivity contribution < 1.29 is 18.3 Å². The summed E-state index contributed by atoms with van der Waals surface area (Å²) >= 11 is 0. The van der Waals surface area contributed by atoms with Gasteiger partial charge in [-0.2, -0.15) is 4.31 Å². The van der Waals surface area contributed by atoms with Crippen LogP contribution in [-0.4, -0.2) is 46.4 Å². The Morgan fingerprint density at radius 1 is 1.59 bits per heavy atom. The van der Waals surface area contributed by atoms with Gasteiger partial charge in [0.05, 0.1) is 6.20 Å². The Labute approximate surface area is 99.5 Å². The van der Waals surface area contributed by atoms with Crippen LogP contribution in [0, 0.1) is 6.92 Å². The predicted molar refractivity (Wildman–Crippen MR) is 60.0 cm³/mol. The van der Waals surface area contributed by atoms with Gasteiger partial charge in [-0.05, 0) is 20.8 Å². The summed E-state index contributed by atoms with van der Waals surface area (Å²) in [6.07, 6.45) is 1.18. The molecule has 0 aliphatic rings. The summed E-state index contributed by atoms with van der Waals surface area (Å²) < 4.78 is 25.1. The maximum absolute atomic E-state index is 12.1. The van der Waals surface area contributed by atoms with E-state index in [-0.39, 0.29) is 5.03 Å². The zero-order chi connectivity index (χ0) is 13.2. The normalized spacial score (nSPS) is 12.3. The lowest BCUT2D eigenvalue weighted by Crippen LogP contribution is -2.40. The first-order valence-electron chi connectivity index (χ1n) is 5.00. The third-order valence-corrected chi connectivity index (χ3v) is 4.06. The number of aromatic nitrogens is 2. The highest BCUT2D eigenvalue weighted by molar-refractivity contribution is 7.89. The van der Waals surface area contributed by atoms with Crippen molar-refractivity contribution in [2.45, 2.75) is 31.8 Å². The lowest BCUT2D eigenvalue weighted by atomic mass is 10.4. The van der Waals surface area contributed by atoms with Crippen molar-refractivity contribution in [3.05, 3.63) is 12.0 Å². The Balaban J connectivity index is 3.13. The van der Waals surface area contributed by atoms with Crippen LogP contribution < -0.4 is 0 Å². The van der Waals surface area contributed by atoms with Crippen LogP contribution in [0.15, 0.2) is 11.2 Å². The molecule has 0 aliphatic carbocycles. The van der Waals surface area contributed by atoms with Crippen LogP contribution >= 0.6 is 0 Å². The average molecular weight is 261 g/mol. The molecule has 8 heteroatoms. The smallest absolute Gasteiger partial charge is 0.318 e. The van der Waals surface area contributed by atoms with Crippen LogP contribution in [0.2, 0.25) is 0 Å². The second kappa shape index (κ2) is 4.84. The molecule has 1 heterocycles. The fourth-order valence-electron chi connectivity index (χ4n) is 1.33. The molecule has 0 fully saturated rings. The molecule has 0 unspecified atom stereocenters. The van der Waals surface area contributed by atoms with Crippen molar-refractivity contribution in [2.24, 2.45) is 0 Å². The van der Waals surface area contributed by atoms with E-state index in [1.165, 1.54) is 6.20 Å². The van der Waals surface area contributed by atoms with Gasteiger partial charge < -0.3 is 10.1 Å². The number of imidazole rings is 1. The summed E-state index contributed by atoms with van der Waals surface area (Å²) in [4.78, 5) is 17.1. The van der Waals surface area contributed by atoms with Crippen LogP contribution in [-0.2, 0) is 14.8 Å². The minimum absolute atomic E-state index is 0.0926. The Kier molecular flexibility index (Phi) is 3.89. The number of rotatable bonds is 5. The molecule has 1 aromatic heterocycles. The highest BCUT2D eigenvalue weighted by Gasteiger charge is 2.30. The van der Waals surface area contributed by atoms with Gasteiger partial charge in [-0.1, -0.05) is 0 Å². The van der Waals surface area contributed by atoms with E-state index >= 15 is 0 Å². The maximum atomic E-state index is 12.1. The Bertz CT molecular complexity index is 506. The van der Waals surface area contributed by atoms with Gasteiger partial charge in [0.2, 0.25) is 0 Å². The van der Waals surface area contributed by atoms with E-state index in [4.69, 9.17) is 5.11 Å². The van der Waals surface area contributed by atoms with Gasteiger partial charge in [-0.15, -0.1) is 0 Å². The summed E-state index contributed by atoms with van der Waals surface area (Å²) in [5, 5.41) is 8.62. The number of H-pyrrole nitrogens is 1. The van der Waals surface area contributed by atoms with Crippen LogP contribution in [0.5, 0.6) is 0 Å². The number of aryl methyl sites for hydroxylation is 1. The van der Waals surface area contributed by atoms with E-state index in [1.807, 2.05) is 0 Å². The van der Waals surface area contributed by atoms with Crippen molar-refractivity contribution in [1.82, 2.24) is 14.3 Å². The molecule has 7 nitrogen and oxygen atoms in total. The minimum atomic E-state index is -3.84. The Morgan fingerprint density at radius 2 is 2.18 bits per heavy atom. The third kappa shape index (κ3) is 3.04. The van der Waals surface area contributed by atoms with E-state index in [9.17, 15) is 13.2 Å². The number of aliphatic carboxylic acids is 1. The molecule has 0 saturated carbocycles. The van der Waals surface area contributed by atoms with Gasteiger partial charge in [0, 0.05) is 6.04 Å². The van der Waals surface area contributed by atoms with Crippen LogP contribution in [0.3, 0.4) is 0 Å². The fourth-order valence-corrected chi connectivity index (χ4v) is 2.88. The molecular formula is C9H15N3O4S. The number of sulfonamides is 1. The molecule has 0 spiro atoms. The minimum Gasteiger partial charge on any atom is -0.480 e. The summed E-state index contributed by atoms with van der Waals surface area (Å²) in [7, 11) is -3.84. The topological polar surface area (TPSA) is 103 Å². The molecule has 0 aliphatic heterocycles. The third-order valence-electron chi connectivity index (χ3n) is 2.13. The van der Waals surface area contributed by atoms with Crippen molar-refractivity contribution in [2.75, 3.05) is 6.54 Å². The highest BCUT2D eigenvalue weighted by Crippen LogP contribution is 2.15. The number of carboxylic acids is 1. The molecular weight excluding hydrogens is 246 g/mol. The second-order valence-electron chi connectivity index (χ2n) is 3.87. The zero-order valence-electron chi connectivity index (χ0n) is 9.84. The number of aromatic amines is 1. The Morgan fingerprint density at radius 3 is 2.53 bits per heavy atom. The molecule has 0 atom stereocenters. The number of hydrogen-bond donors (Lipinski definition) is 2. The molecule has 0 bridgehead atoms. The van der Waals surface area contributed by atoms with Gasteiger partial charge in [-0.3, -0.25) is 4.79 Å². The fraction of sp³-hybridized carbons (Fsp3) is 0.556. The van der Waals surface area contributed by atoms with E-state index < -0.39 is 28.6 Å². The number of nitrogens with one attached hydrogen (secondary N) is 1. The first-order valence-corrected chi connectivity index (χ1v) is 6.44. The number of nitrogens with zero attached hydrogens (tertiary/aromatic N) is 2. The molecule has 96 valence electrons. The lowest BCUT2D eigenvalue weighted by molar-refractivity contribution is -0.137. The standard InChI is InChI=1S/C9H15N3O4S/c1-6(2)12(5-9(13)14)17(15,16)8-4-10-7(3)11-8/h4,6H,5H2,1-3H3,(H,10,11)(H,13,14). The first kappa shape index (κ1) is 13.7. The van der Waals surface area contributed by atoms with Gasteiger partial charge in [0.15, 0.2) is 5.03 Å². The van der Waals surface area contributed by atoms with Gasteiger partial charge >= 0.3 is 5.97 Å². The van der Waals surface area contributed by atoms with E-state index in [0.717, 1.165) is 4.31 Å². The molecule has 17 heavy (non-hydrogen) atoms. The number of carbonyl (C=O) groups is 1. The molecule has 0 amide bonds. The van der Waals surface area contributed by atoms with Crippen LogP contribution in [0.25, 0.3) is 0 Å². The molecule has 0 saturated heterocycles. The van der Waals surface area contributed by atoms with Gasteiger partial charge in [0.25, 0.3) is 10.0 Å². The number of carboxylic acid groups (broad SMARTS) is 1. The van der Waals surface area contributed by atoms with Gasteiger partial charge in [0.1, 0.15) is 12.4 Å². The molecule has 2 N–H and O–H groups in total. The van der Waals surface area contributed by atoms with Gasteiger partial charge in [-0.25, -0.2) is 13.4 Å². The molecule has 1 rings (SSSR count). The van der Waals surface area contributed by atoms with Crippen molar-refractivity contribution in [3.63, 3.8) is 0 Å². The largest absolute Gasteiger partial charge is 0.480 e. The predicted octanol–water partition coefficient (Wildman–Crippen LogP) is 0.202. The van der Waals surface area contributed by atoms with Crippen molar-refractivity contribution >= 4 is 16.0 Å². The summed E-state index contributed by atoms with van der Waals surface area (Å²) in [5.74, 6) is -0.735. The SMILES string of the molecule is Cc1ncc(S(=O)(=O)N(CC(=O)O)C(C)C)[nH]1. The monoisotopic (exact) mass is 261 g/mol. The summed E-state index contributed by atoms with van der Waals surface area (Å²) in [6, 6.07) is -0.445. The highest BCUT2D eigenvalue weighted by atomic mass is 32.2. The second-order valence-corrected chi connectivity index (χ2v) is 5.73. The quantitative estimate of drug-likeness (QED) is 0.788. The lowest BCUT2D eigenvalue weighted by Gasteiger charge is -2.22. The van der Waals surface area contributed by atoms with E-state index in [1.54, 1.807) is 20.8 Å².